The molecule has 1 atom stereocenters. The molecule has 0 spiro atoms. The van der Waals surface area contributed by atoms with Crippen LogP contribution in [-0.4, -0.2) is 54.7 Å². The Morgan fingerprint density at radius 1 is 1.42 bits per heavy atom. The molecule has 1 fully saturated rings. The minimum atomic E-state index is -0.900. The molecule has 0 aromatic heterocycles. The Morgan fingerprint density at radius 2 is 2.05 bits per heavy atom. The summed E-state index contributed by atoms with van der Waals surface area (Å²) in [6.45, 7) is 3.99. The van der Waals surface area contributed by atoms with E-state index >= 15 is 0 Å². The van der Waals surface area contributed by atoms with Crippen molar-refractivity contribution in [2.45, 2.75) is 20.3 Å². The van der Waals surface area contributed by atoms with Gasteiger partial charge in [-0.25, -0.2) is 4.79 Å². The largest absolute Gasteiger partial charge is 0.481 e. The predicted molar refractivity (Wildman–Crippen MR) is 66.5 cm³/mol. The number of hydrogen-bond donors (Lipinski definition) is 2. The number of rotatable bonds is 4. The van der Waals surface area contributed by atoms with Crippen LogP contribution in [0.2, 0.25) is 0 Å². The molecule has 7 nitrogen and oxygen atoms in total. The Hall–Kier alpha value is -1.79. The number of carboxylic acids is 1. The van der Waals surface area contributed by atoms with Gasteiger partial charge in [0.05, 0.1) is 12.5 Å². The monoisotopic (exact) mass is 272 g/mol. The maximum atomic E-state index is 11.8. The van der Waals surface area contributed by atoms with Crippen molar-refractivity contribution in [1.29, 1.82) is 0 Å². The van der Waals surface area contributed by atoms with Crippen LogP contribution in [0, 0.1) is 11.3 Å². The maximum Gasteiger partial charge on any atom is 0.325 e. The zero-order valence-electron chi connectivity index (χ0n) is 11.4. The van der Waals surface area contributed by atoms with Crippen LogP contribution >= 0.6 is 0 Å². The molecule has 1 heterocycles. The molecule has 0 radical (unpaired) electrons. The smallest absolute Gasteiger partial charge is 0.325 e. The molecule has 2 amide bonds. The van der Waals surface area contributed by atoms with Crippen molar-refractivity contribution in [3.8, 4) is 0 Å². The lowest BCUT2D eigenvalue weighted by molar-refractivity contribution is -0.150. The fraction of sp³-hybridized carbons (Fsp3) is 0.750. The summed E-state index contributed by atoms with van der Waals surface area (Å²) < 4.78 is 4.41. The van der Waals surface area contributed by atoms with Crippen molar-refractivity contribution in [2.24, 2.45) is 11.3 Å². The quantitative estimate of drug-likeness (QED) is 0.718. The predicted octanol–water partition coefficient (Wildman–Crippen LogP) is 0.302. The molecule has 1 rings (SSSR count). The lowest BCUT2D eigenvalue weighted by atomic mass is 9.76. The van der Waals surface area contributed by atoms with Crippen LogP contribution in [0.3, 0.4) is 0 Å². The summed E-state index contributed by atoms with van der Waals surface area (Å²) in [6, 6.07) is -0.436. The molecule has 0 saturated carbocycles. The Balaban J connectivity index is 2.62. The van der Waals surface area contributed by atoms with E-state index in [1.807, 2.05) is 13.8 Å². The number of hydrogen-bond acceptors (Lipinski definition) is 4. The number of nitrogens with one attached hydrogen (secondary N) is 1. The number of amides is 2. The van der Waals surface area contributed by atoms with Crippen molar-refractivity contribution in [3.05, 3.63) is 0 Å². The van der Waals surface area contributed by atoms with E-state index in [2.05, 4.69) is 10.1 Å². The third kappa shape index (κ3) is 3.15. The molecule has 7 heteroatoms. The normalized spacial score (nSPS) is 22.4. The van der Waals surface area contributed by atoms with Crippen LogP contribution in [0.5, 0.6) is 0 Å². The molecular weight excluding hydrogens is 252 g/mol. The maximum absolute atomic E-state index is 11.8. The van der Waals surface area contributed by atoms with Crippen LogP contribution in [0.4, 0.5) is 4.79 Å². The molecule has 108 valence electrons. The van der Waals surface area contributed by atoms with E-state index in [0.717, 1.165) is 0 Å². The standard InChI is InChI=1S/C12H20N2O5/c1-8(2)12(10(16)17)4-5-14(7-12)11(18)13-6-9(15)19-3/h8H,4-7H2,1-3H3,(H,13,18)(H,16,17). The van der Waals surface area contributed by atoms with Crippen LogP contribution < -0.4 is 5.32 Å². The van der Waals surface area contributed by atoms with E-state index in [1.165, 1.54) is 12.0 Å². The van der Waals surface area contributed by atoms with Crippen LogP contribution in [0.15, 0.2) is 0 Å². The number of carboxylic acid groups (broad SMARTS) is 1. The van der Waals surface area contributed by atoms with Crippen LogP contribution in [0.25, 0.3) is 0 Å². The molecule has 1 aliphatic rings. The SMILES string of the molecule is COC(=O)CNC(=O)N1CCC(C(=O)O)(C(C)C)C1. The number of esters is 1. The van der Waals surface area contributed by atoms with E-state index in [9.17, 15) is 19.5 Å². The molecule has 0 aliphatic carbocycles. The molecular formula is C12H20N2O5. The van der Waals surface area contributed by atoms with Crippen LogP contribution in [0.1, 0.15) is 20.3 Å². The molecule has 1 saturated heterocycles. The fourth-order valence-corrected chi connectivity index (χ4v) is 2.23. The summed E-state index contributed by atoms with van der Waals surface area (Å²) in [4.78, 5) is 35.6. The summed E-state index contributed by atoms with van der Waals surface area (Å²) >= 11 is 0. The summed E-state index contributed by atoms with van der Waals surface area (Å²) in [5.41, 5.74) is -0.900. The van der Waals surface area contributed by atoms with Gasteiger partial charge in [-0.3, -0.25) is 9.59 Å². The lowest BCUT2D eigenvalue weighted by Gasteiger charge is -2.28. The summed E-state index contributed by atoms with van der Waals surface area (Å²) in [6.07, 6.45) is 0.422. The van der Waals surface area contributed by atoms with Gasteiger partial charge in [-0.15, -0.1) is 0 Å². The first-order valence-electron chi connectivity index (χ1n) is 6.16. The van der Waals surface area contributed by atoms with Gasteiger partial charge in [0.25, 0.3) is 0 Å². The first-order valence-corrected chi connectivity index (χ1v) is 6.16. The molecule has 0 aromatic carbocycles. The van der Waals surface area contributed by atoms with Gasteiger partial charge in [-0.05, 0) is 12.3 Å². The van der Waals surface area contributed by atoms with E-state index in [4.69, 9.17) is 0 Å². The second-order valence-corrected chi connectivity index (χ2v) is 5.02. The minimum Gasteiger partial charge on any atom is -0.481 e. The van der Waals surface area contributed by atoms with Gasteiger partial charge in [0.2, 0.25) is 0 Å². The lowest BCUT2D eigenvalue weighted by Crippen LogP contribution is -2.44. The van der Waals surface area contributed by atoms with Gasteiger partial charge in [0.15, 0.2) is 0 Å². The Bertz CT molecular complexity index is 382. The number of nitrogens with zero attached hydrogens (tertiary/aromatic N) is 1. The molecule has 0 bridgehead atoms. The van der Waals surface area contributed by atoms with Crippen molar-refractivity contribution in [2.75, 3.05) is 26.7 Å². The third-order valence-corrected chi connectivity index (χ3v) is 3.73. The second kappa shape index (κ2) is 5.90. The Kier molecular flexibility index (Phi) is 4.74. The number of urea groups is 1. The number of methoxy groups -OCH3 is 1. The molecule has 0 aromatic rings. The van der Waals surface area contributed by atoms with Gasteiger partial charge in [0.1, 0.15) is 6.54 Å². The molecule has 2 N–H and O–H groups in total. The second-order valence-electron chi connectivity index (χ2n) is 5.02. The third-order valence-electron chi connectivity index (χ3n) is 3.73. The van der Waals surface area contributed by atoms with E-state index in [-0.39, 0.29) is 19.0 Å². The first-order chi connectivity index (χ1) is 8.83. The van der Waals surface area contributed by atoms with Gasteiger partial charge in [-0.2, -0.15) is 0 Å². The molecule has 1 unspecified atom stereocenters. The highest BCUT2D eigenvalue weighted by atomic mass is 16.5. The minimum absolute atomic E-state index is 0.0663. The molecule has 19 heavy (non-hydrogen) atoms. The van der Waals surface area contributed by atoms with Crippen molar-refractivity contribution >= 4 is 18.0 Å². The number of aliphatic carboxylic acids is 1. The van der Waals surface area contributed by atoms with E-state index in [0.29, 0.717) is 13.0 Å². The number of ether oxygens (including phenoxy) is 1. The van der Waals surface area contributed by atoms with Crippen molar-refractivity contribution in [3.63, 3.8) is 0 Å². The highest BCUT2D eigenvalue weighted by Crippen LogP contribution is 2.38. The van der Waals surface area contributed by atoms with Crippen LogP contribution in [-0.2, 0) is 14.3 Å². The summed E-state index contributed by atoms with van der Waals surface area (Å²) in [5, 5.41) is 11.8. The topological polar surface area (TPSA) is 95.9 Å². The Labute approximate surface area is 111 Å². The fourth-order valence-electron chi connectivity index (χ4n) is 2.23. The van der Waals surface area contributed by atoms with E-state index < -0.39 is 23.4 Å². The average Bonchev–Trinajstić information content (AvgIpc) is 2.81. The van der Waals surface area contributed by atoms with Gasteiger partial charge in [-0.1, -0.05) is 13.8 Å². The number of carbonyl (C=O) groups is 3. The average molecular weight is 272 g/mol. The zero-order chi connectivity index (χ0) is 14.6. The summed E-state index contributed by atoms with van der Waals surface area (Å²) in [5.74, 6) is -1.49. The number of likely N-dealkylation sites (tertiary alicyclic amines) is 1. The van der Waals surface area contributed by atoms with Crippen molar-refractivity contribution < 1.29 is 24.2 Å². The van der Waals surface area contributed by atoms with Gasteiger partial charge in [0, 0.05) is 13.1 Å². The highest BCUT2D eigenvalue weighted by molar-refractivity contribution is 5.83. The van der Waals surface area contributed by atoms with Gasteiger partial charge < -0.3 is 20.1 Å². The number of carbonyl (C=O) groups excluding carboxylic acids is 2. The van der Waals surface area contributed by atoms with E-state index in [1.54, 1.807) is 0 Å². The zero-order valence-corrected chi connectivity index (χ0v) is 11.4. The highest BCUT2D eigenvalue weighted by Gasteiger charge is 2.48. The molecule has 1 aliphatic heterocycles. The Morgan fingerprint density at radius 3 is 2.47 bits per heavy atom. The van der Waals surface area contributed by atoms with Gasteiger partial charge >= 0.3 is 18.0 Å². The van der Waals surface area contributed by atoms with Crippen molar-refractivity contribution in [1.82, 2.24) is 10.2 Å². The first kappa shape index (κ1) is 15.3. The summed E-state index contributed by atoms with van der Waals surface area (Å²) in [7, 11) is 1.23.